The van der Waals surface area contributed by atoms with E-state index in [1.165, 1.54) is 0 Å². The third-order valence-electron chi connectivity index (χ3n) is 5.77. The molecule has 2 unspecified atom stereocenters. The number of aliphatic imine (C=N–C) groups is 1. The van der Waals surface area contributed by atoms with E-state index in [4.69, 9.17) is 9.73 Å². The standard InChI is InChI=1S/C19H38N4O3S.HI/c1-4-17(5-2)18(23-8-10-26-11-9-23)14-22-19(20-6-3)21-13-16-7-12-27(24,25)15-16;/h16-18H,4-15H2,1-3H3,(H2,20,21,22);1H. The Bertz CT molecular complexity index is 564. The van der Waals surface area contributed by atoms with Crippen molar-refractivity contribution >= 4 is 39.8 Å². The van der Waals surface area contributed by atoms with Crippen LogP contribution >= 0.6 is 24.0 Å². The first kappa shape index (κ1) is 25.9. The maximum Gasteiger partial charge on any atom is 0.191 e. The van der Waals surface area contributed by atoms with Crippen molar-refractivity contribution in [1.29, 1.82) is 0 Å². The molecule has 0 bridgehead atoms. The van der Waals surface area contributed by atoms with Crippen molar-refractivity contribution < 1.29 is 13.2 Å². The van der Waals surface area contributed by atoms with Gasteiger partial charge in [0.15, 0.2) is 15.8 Å². The molecule has 0 aromatic carbocycles. The summed E-state index contributed by atoms with van der Waals surface area (Å²) in [5.74, 6) is 2.22. The summed E-state index contributed by atoms with van der Waals surface area (Å²) in [7, 11) is -2.83. The number of nitrogens with zero attached hydrogens (tertiary/aromatic N) is 2. The van der Waals surface area contributed by atoms with Crippen LogP contribution < -0.4 is 10.6 Å². The maximum absolute atomic E-state index is 11.7. The zero-order chi connectivity index (χ0) is 19.7. The number of nitrogens with one attached hydrogen (secondary N) is 2. The molecule has 2 atom stereocenters. The number of morpholine rings is 1. The number of ether oxygens (including phenoxy) is 1. The van der Waals surface area contributed by atoms with E-state index in [1.807, 2.05) is 0 Å². The molecule has 0 saturated carbocycles. The zero-order valence-corrected chi connectivity index (χ0v) is 20.8. The second kappa shape index (κ2) is 13.2. The molecule has 0 amide bonds. The minimum atomic E-state index is -2.83. The van der Waals surface area contributed by atoms with Crippen LogP contribution in [0.5, 0.6) is 0 Å². The Kier molecular flexibility index (Phi) is 12.2. The van der Waals surface area contributed by atoms with E-state index < -0.39 is 9.84 Å². The Morgan fingerprint density at radius 3 is 2.39 bits per heavy atom. The van der Waals surface area contributed by atoms with Gasteiger partial charge in [-0.05, 0) is 25.2 Å². The van der Waals surface area contributed by atoms with Crippen LogP contribution in [0.1, 0.15) is 40.0 Å². The second-order valence-electron chi connectivity index (χ2n) is 7.66. The van der Waals surface area contributed by atoms with Crippen molar-refractivity contribution in [3.63, 3.8) is 0 Å². The van der Waals surface area contributed by atoms with Crippen LogP contribution in [-0.4, -0.2) is 82.8 Å². The summed E-state index contributed by atoms with van der Waals surface area (Å²) in [6.07, 6.45) is 3.05. The Morgan fingerprint density at radius 1 is 1.18 bits per heavy atom. The molecule has 0 spiro atoms. The molecular formula is C19H39IN4O3S. The normalized spacial score (nSPS) is 24.0. The first-order chi connectivity index (χ1) is 13.0. The highest BCUT2D eigenvalue weighted by atomic mass is 127. The minimum absolute atomic E-state index is 0. The molecule has 9 heteroatoms. The molecular weight excluding hydrogens is 491 g/mol. The van der Waals surface area contributed by atoms with E-state index in [0.29, 0.717) is 30.0 Å². The van der Waals surface area contributed by atoms with Crippen LogP contribution in [0.25, 0.3) is 0 Å². The van der Waals surface area contributed by atoms with Gasteiger partial charge in [0.25, 0.3) is 0 Å². The van der Waals surface area contributed by atoms with Gasteiger partial charge in [-0.1, -0.05) is 26.7 Å². The van der Waals surface area contributed by atoms with Gasteiger partial charge in [0.05, 0.1) is 31.3 Å². The average Bonchev–Trinajstić information content (AvgIpc) is 3.02. The molecule has 0 radical (unpaired) electrons. The monoisotopic (exact) mass is 530 g/mol. The summed E-state index contributed by atoms with van der Waals surface area (Å²) in [6.45, 7) is 12.3. The number of halogens is 1. The van der Waals surface area contributed by atoms with Gasteiger partial charge in [0, 0.05) is 32.2 Å². The lowest BCUT2D eigenvalue weighted by atomic mass is 9.92. The SMILES string of the molecule is CCNC(=NCC(C(CC)CC)N1CCOCC1)NCC1CCS(=O)(=O)C1.I. The summed E-state index contributed by atoms with van der Waals surface area (Å²) in [5, 5.41) is 6.67. The lowest BCUT2D eigenvalue weighted by Gasteiger charge is -2.38. The lowest BCUT2D eigenvalue weighted by molar-refractivity contribution is 0.00395. The smallest absolute Gasteiger partial charge is 0.191 e. The number of hydrogen-bond acceptors (Lipinski definition) is 5. The van der Waals surface area contributed by atoms with E-state index in [1.54, 1.807) is 0 Å². The quantitative estimate of drug-likeness (QED) is 0.269. The highest BCUT2D eigenvalue weighted by Crippen LogP contribution is 2.21. The van der Waals surface area contributed by atoms with Gasteiger partial charge in [-0.15, -0.1) is 24.0 Å². The average molecular weight is 531 g/mol. The highest BCUT2D eigenvalue weighted by molar-refractivity contribution is 14.0. The fraction of sp³-hybridized carbons (Fsp3) is 0.947. The van der Waals surface area contributed by atoms with E-state index >= 15 is 0 Å². The Labute approximate surface area is 188 Å². The van der Waals surface area contributed by atoms with Gasteiger partial charge in [-0.3, -0.25) is 9.89 Å². The predicted molar refractivity (Wildman–Crippen MR) is 126 cm³/mol. The van der Waals surface area contributed by atoms with E-state index in [-0.39, 0.29) is 29.9 Å². The number of rotatable bonds is 9. The van der Waals surface area contributed by atoms with Crippen molar-refractivity contribution in [3.8, 4) is 0 Å². The van der Waals surface area contributed by atoms with Gasteiger partial charge < -0.3 is 15.4 Å². The van der Waals surface area contributed by atoms with Crippen molar-refractivity contribution in [3.05, 3.63) is 0 Å². The minimum Gasteiger partial charge on any atom is -0.379 e. The third-order valence-corrected chi connectivity index (χ3v) is 7.61. The van der Waals surface area contributed by atoms with Gasteiger partial charge in [0.2, 0.25) is 0 Å². The van der Waals surface area contributed by atoms with Gasteiger partial charge >= 0.3 is 0 Å². The summed E-state index contributed by atoms with van der Waals surface area (Å²) in [5.41, 5.74) is 0. The number of hydrogen-bond donors (Lipinski definition) is 2. The molecule has 2 N–H and O–H groups in total. The molecule has 2 rings (SSSR count). The largest absolute Gasteiger partial charge is 0.379 e. The summed E-state index contributed by atoms with van der Waals surface area (Å²) in [6, 6.07) is 0.422. The van der Waals surface area contributed by atoms with Crippen LogP contribution in [0.15, 0.2) is 4.99 Å². The lowest BCUT2D eigenvalue weighted by Crippen LogP contribution is -2.49. The van der Waals surface area contributed by atoms with Crippen molar-refractivity contribution in [2.45, 2.75) is 46.1 Å². The van der Waals surface area contributed by atoms with Gasteiger partial charge in [-0.2, -0.15) is 0 Å². The molecule has 2 fully saturated rings. The summed E-state index contributed by atoms with van der Waals surface area (Å²) in [4.78, 5) is 7.39. The molecule has 2 saturated heterocycles. The summed E-state index contributed by atoms with van der Waals surface area (Å²) >= 11 is 0. The third kappa shape index (κ3) is 8.31. The van der Waals surface area contributed by atoms with E-state index in [9.17, 15) is 8.42 Å². The first-order valence-electron chi connectivity index (χ1n) is 10.5. The van der Waals surface area contributed by atoms with E-state index in [0.717, 1.165) is 64.6 Å². The van der Waals surface area contributed by atoms with Crippen LogP contribution in [0.3, 0.4) is 0 Å². The molecule has 166 valence electrons. The Hall–Kier alpha value is -0.130. The van der Waals surface area contributed by atoms with Gasteiger partial charge in [-0.25, -0.2) is 8.42 Å². The molecule has 2 heterocycles. The molecule has 0 aliphatic carbocycles. The topological polar surface area (TPSA) is 83.0 Å². The summed E-state index contributed by atoms with van der Waals surface area (Å²) < 4.78 is 28.8. The van der Waals surface area contributed by atoms with Crippen LogP contribution in [0, 0.1) is 11.8 Å². The van der Waals surface area contributed by atoms with Crippen LogP contribution in [0.2, 0.25) is 0 Å². The predicted octanol–water partition coefficient (Wildman–Crippen LogP) is 1.73. The Morgan fingerprint density at radius 2 is 1.86 bits per heavy atom. The van der Waals surface area contributed by atoms with Crippen LogP contribution in [0.4, 0.5) is 0 Å². The number of sulfone groups is 1. The second-order valence-corrected chi connectivity index (χ2v) is 9.89. The van der Waals surface area contributed by atoms with Gasteiger partial charge in [0.1, 0.15) is 0 Å². The highest BCUT2D eigenvalue weighted by Gasteiger charge is 2.28. The molecule has 0 aromatic rings. The molecule has 28 heavy (non-hydrogen) atoms. The molecule has 2 aliphatic rings. The maximum atomic E-state index is 11.7. The molecule has 2 aliphatic heterocycles. The fourth-order valence-corrected chi connectivity index (χ4v) is 5.97. The zero-order valence-electron chi connectivity index (χ0n) is 17.7. The molecule has 0 aromatic heterocycles. The molecule has 7 nitrogen and oxygen atoms in total. The van der Waals surface area contributed by atoms with Crippen molar-refractivity contribution in [2.75, 3.05) is 57.4 Å². The first-order valence-corrected chi connectivity index (χ1v) is 12.4. The van der Waals surface area contributed by atoms with E-state index in [2.05, 4.69) is 36.3 Å². The van der Waals surface area contributed by atoms with Crippen molar-refractivity contribution in [2.24, 2.45) is 16.8 Å². The van der Waals surface area contributed by atoms with Crippen molar-refractivity contribution in [1.82, 2.24) is 15.5 Å². The Balaban J connectivity index is 0.00000392. The fourth-order valence-electron chi connectivity index (χ4n) is 4.11. The van der Waals surface area contributed by atoms with Crippen LogP contribution in [-0.2, 0) is 14.6 Å². The number of guanidine groups is 1.